The fourth-order valence-electron chi connectivity index (χ4n) is 4.34. The molecule has 4 rings (SSSR count). The highest BCUT2D eigenvalue weighted by Gasteiger charge is 2.18. The van der Waals surface area contributed by atoms with Crippen molar-refractivity contribution in [2.75, 3.05) is 26.2 Å². The first kappa shape index (κ1) is 25.9. The van der Waals surface area contributed by atoms with Crippen molar-refractivity contribution in [1.82, 2.24) is 15.5 Å². The minimum atomic E-state index is -0.557. The summed E-state index contributed by atoms with van der Waals surface area (Å²) in [6.07, 6.45) is 1.77. The molecule has 0 saturated carbocycles. The molecule has 0 fully saturated rings. The van der Waals surface area contributed by atoms with Crippen molar-refractivity contribution in [3.05, 3.63) is 89.2 Å². The van der Waals surface area contributed by atoms with E-state index in [9.17, 15) is 23.9 Å². The lowest BCUT2D eigenvalue weighted by molar-refractivity contribution is -0.121. The summed E-state index contributed by atoms with van der Waals surface area (Å²) in [6.45, 7) is 1.51. The second-order valence-electron chi connectivity index (χ2n) is 9.02. The Balaban J connectivity index is 1.56. The standard InChI is InChI=1S/C29H30FN3O4/c30-25-11-10-22-19-23(25)24-18-20(9-12-26(24)34)13-15-31-27(35)8-4-16-33(17-5-14-32-28(22)36)29(37)21-6-2-1-3-7-21/h1-3,6-7,9-12,18-19,34H,4-5,8,13-17H2,(H,31,35)(H,32,36). The maximum absolute atomic E-state index is 14.7. The second-order valence-corrected chi connectivity index (χ2v) is 9.02. The topological polar surface area (TPSA) is 98.7 Å². The van der Waals surface area contributed by atoms with Gasteiger partial charge in [0.2, 0.25) is 5.91 Å². The summed E-state index contributed by atoms with van der Waals surface area (Å²) >= 11 is 0. The van der Waals surface area contributed by atoms with E-state index >= 15 is 0 Å². The zero-order valence-electron chi connectivity index (χ0n) is 20.5. The maximum Gasteiger partial charge on any atom is 0.253 e. The Morgan fingerprint density at radius 1 is 0.838 bits per heavy atom. The highest BCUT2D eigenvalue weighted by Crippen LogP contribution is 2.33. The summed E-state index contributed by atoms with van der Waals surface area (Å²) in [5.41, 5.74) is 2.04. The van der Waals surface area contributed by atoms with Crippen LogP contribution in [0.25, 0.3) is 11.1 Å². The van der Waals surface area contributed by atoms with Crippen LogP contribution in [0.1, 0.15) is 45.5 Å². The van der Waals surface area contributed by atoms with Crippen LogP contribution in [0.4, 0.5) is 4.39 Å². The zero-order chi connectivity index (χ0) is 26.2. The third-order valence-corrected chi connectivity index (χ3v) is 6.35. The quantitative estimate of drug-likeness (QED) is 0.469. The Labute approximate surface area is 215 Å². The molecule has 0 aromatic heterocycles. The first-order chi connectivity index (χ1) is 17.9. The van der Waals surface area contributed by atoms with Gasteiger partial charge in [0.25, 0.3) is 11.8 Å². The Bertz CT molecular complexity index is 1280. The van der Waals surface area contributed by atoms with Crippen LogP contribution in [0.3, 0.4) is 0 Å². The van der Waals surface area contributed by atoms with Crippen LogP contribution in [-0.2, 0) is 11.2 Å². The normalized spacial score (nSPS) is 15.5. The number of benzene rings is 3. The van der Waals surface area contributed by atoms with E-state index in [1.807, 2.05) is 6.07 Å². The number of phenols is 1. The number of carbonyl (C=O) groups excluding carboxylic acids is 3. The number of hydrogen-bond acceptors (Lipinski definition) is 4. The monoisotopic (exact) mass is 503 g/mol. The fourth-order valence-corrected chi connectivity index (χ4v) is 4.34. The van der Waals surface area contributed by atoms with E-state index in [0.717, 1.165) is 5.56 Å². The Kier molecular flexibility index (Phi) is 8.51. The molecule has 192 valence electrons. The van der Waals surface area contributed by atoms with Crippen molar-refractivity contribution in [2.45, 2.75) is 25.7 Å². The van der Waals surface area contributed by atoms with Gasteiger partial charge in [-0.05, 0) is 67.3 Å². The molecule has 3 N–H and O–H groups in total. The number of nitrogens with zero attached hydrogens (tertiary/aromatic N) is 1. The molecule has 0 unspecified atom stereocenters. The van der Waals surface area contributed by atoms with Crippen molar-refractivity contribution in [1.29, 1.82) is 0 Å². The lowest BCUT2D eigenvalue weighted by Gasteiger charge is -2.23. The molecule has 0 saturated heterocycles. The molecule has 1 aliphatic heterocycles. The van der Waals surface area contributed by atoms with Crippen LogP contribution < -0.4 is 10.6 Å². The number of fused-ring (bicyclic) bond motifs is 5. The molecule has 3 aromatic carbocycles. The van der Waals surface area contributed by atoms with Gasteiger partial charge in [0.05, 0.1) is 0 Å². The molecule has 0 atom stereocenters. The second kappa shape index (κ2) is 12.2. The van der Waals surface area contributed by atoms with Gasteiger partial charge < -0.3 is 20.6 Å². The molecule has 1 aliphatic rings. The van der Waals surface area contributed by atoms with E-state index in [2.05, 4.69) is 10.6 Å². The zero-order valence-corrected chi connectivity index (χ0v) is 20.5. The smallest absolute Gasteiger partial charge is 0.253 e. The summed E-state index contributed by atoms with van der Waals surface area (Å²) in [4.78, 5) is 39.9. The first-order valence-electron chi connectivity index (χ1n) is 12.4. The molecule has 0 spiro atoms. The summed E-state index contributed by atoms with van der Waals surface area (Å²) in [5, 5.41) is 16.1. The predicted octanol–water partition coefficient (Wildman–Crippen LogP) is 3.91. The lowest BCUT2D eigenvalue weighted by Crippen LogP contribution is -2.36. The molecule has 0 aliphatic carbocycles. The summed E-state index contributed by atoms with van der Waals surface area (Å²) in [5.74, 6) is -1.27. The number of halogens is 1. The number of carbonyl (C=O) groups is 3. The van der Waals surface area contributed by atoms with Gasteiger partial charge in [-0.1, -0.05) is 24.3 Å². The molecule has 7 nitrogen and oxygen atoms in total. The summed E-state index contributed by atoms with van der Waals surface area (Å²) in [7, 11) is 0. The Morgan fingerprint density at radius 2 is 1.62 bits per heavy atom. The lowest BCUT2D eigenvalue weighted by atomic mass is 9.98. The minimum Gasteiger partial charge on any atom is -0.507 e. The third-order valence-electron chi connectivity index (χ3n) is 6.35. The number of phenolic OH excluding ortho intramolecular Hbond substituents is 1. The molecule has 3 aromatic rings. The molecule has 0 radical (unpaired) electrons. The summed E-state index contributed by atoms with van der Waals surface area (Å²) in [6, 6.07) is 17.9. The molecule has 3 amide bonds. The van der Waals surface area contributed by atoms with Gasteiger partial charge in [-0.3, -0.25) is 14.4 Å². The molecule has 1 heterocycles. The average molecular weight is 504 g/mol. The SMILES string of the molecule is O=C1CCCN(C(=O)c2ccccc2)CCCNC(=O)c2ccc(F)c(c2)-c2cc(ccc2O)CCN1. The van der Waals surface area contributed by atoms with E-state index in [1.54, 1.807) is 41.3 Å². The molecular formula is C29H30FN3O4. The van der Waals surface area contributed by atoms with E-state index in [4.69, 9.17) is 0 Å². The fraction of sp³-hybridized carbons (Fsp3) is 0.276. The van der Waals surface area contributed by atoms with Crippen molar-refractivity contribution in [3.63, 3.8) is 0 Å². The number of rotatable bonds is 1. The van der Waals surface area contributed by atoms with Crippen LogP contribution in [-0.4, -0.2) is 53.9 Å². The van der Waals surface area contributed by atoms with E-state index < -0.39 is 5.82 Å². The van der Waals surface area contributed by atoms with Crippen molar-refractivity contribution >= 4 is 17.7 Å². The number of amides is 3. The summed E-state index contributed by atoms with van der Waals surface area (Å²) < 4.78 is 14.7. The van der Waals surface area contributed by atoms with Gasteiger partial charge in [0, 0.05) is 54.9 Å². The molecule has 4 bridgehead atoms. The van der Waals surface area contributed by atoms with Gasteiger partial charge in [0.15, 0.2) is 0 Å². The van der Waals surface area contributed by atoms with Crippen molar-refractivity contribution < 1.29 is 23.9 Å². The number of hydrogen-bond donors (Lipinski definition) is 3. The van der Waals surface area contributed by atoms with Gasteiger partial charge in [-0.2, -0.15) is 0 Å². The van der Waals surface area contributed by atoms with Crippen LogP contribution in [0.5, 0.6) is 5.75 Å². The largest absolute Gasteiger partial charge is 0.507 e. The third kappa shape index (κ3) is 6.73. The highest BCUT2D eigenvalue weighted by molar-refractivity contribution is 5.96. The van der Waals surface area contributed by atoms with Gasteiger partial charge >= 0.3 is 0 Å². The molecule has 8 heteroatoms. The van der Waals surface area contributed by atoms with Crippen LogP contribution in [0, 0.1) is 5.82 Å². The Hall–Kier alpha value is -4.20. The van der Waals surface area contributed by atoms with E-state index in [-0.39, 0.29) is 46.6 Å². The van der Waals surface area contributed by atoms with Gasteiger partial charge in [-0.25, -0.2) is 4.39 Å². The number of nitrogens with one attached hydrogen (secondary N) is 2. The predicted molar refractivity (Wildman–Crippen MR) is 139 cm³/mol. The van der Waals surface area contributed by atoms with Gasteiger partial charge in [-0.15, -0.1) is 0 Å². The van der Waals surface area contributed by atoms with E-state index in [0.29, 0.717) is 51.0 Å². The highest BCUT2D eigenvalue weighted by atomic mass is 19.1. The minimum absolute atomic E-state index is 0.0988. The molecule has 37 heavy (non-hydrogen) atoms. The molecular weight excluding hydrogens is 473 g/mol. The van der Waals surface area contributed by atoms with Crippen LogP contribution >= 0.6 is 0 Å². The first-order valence-corrected chi connectivity index (χ1v) is 12.4. The average Bonchev–Trinajstić information content (AvgIpc) is 2.91. The van der Waals surface area contributed by atoms with Crippen molar-refractivity contribution in [2.24, 2.45) is 0 Å². The van der Waals surface area contributed by atoms with Gasteiger partial charge in [0.1, 0.15) is 11.6 Å². The van der Waals surface area contributed by atoms with Crippen LogP contribution in [0.15, 0.2) is 66.7 Å². The Morgan fingerprint density at radius 3 is 2.43 bits per heavy atom. The maximum atomic E-state index is 14.7. The van der Waals surface area contributed by atoms with Crippen LogP contribution in [0.2, 0.25) is 0 Å². The number of aromatic hydroxyl groups is 1. The van der Waals surface area contributed by atoms with E-state index in [1.165, 1.54) is 24.3 Å². The van der Waals surface area contributed by atoms with Crippen molar-refractivity contribution in [3.8, 4) is 16.9 Å².